The summed E-state index contributed by atoms with van der Waals surface area (Å²) < 4.78 is 0. The summed E-state index contributed by atoms with van der Waals surface area (Å²) in [6, 6.07) is 6.55. The van der Waals surface area contributed by atoms with E-state index >= 15 is 0 Å². The Balaban J connectivity index is 1.56. The van der Waals surface area contributed by atoms with Crippen molar-refractivity contribution in [3.8, 4) is 0 Å². The van der Waals surface area contributed by atoms with Crippen molar-refractivity contribution in [3.63, 3.8) is 0 Å². The average molecular weight is 546 g/mol. The van der Waals surface area contributed by atoms with Crippen molar-refractivity contribution in [3.05, 3.63) is 29.8 Å². The van der Waals surface area contributed by atoms with E-state index in [2.05, 4.69) is 16.0 Å². The fourth-order valence-corrected chi connectivity index (χ4v) is 5.55. The molecule has 0 radical (unpaired) electrons. The van der Waals surface area contributed by atoms with Crippen LogP contribution in [0.25, 0.3) is 0 Å². The van der Waals surface area contributed by atoms with E-state index in [0.29, 0.717) is 38.3 Å². The quantitative estimate of drug-likeness (QED) is 0.226. The summed E-state index contributed by atoms with van der Waals surface area (Å²) in [5, 5.41) is 28.8. The Morgan fingerprint density at radius 3 is 2.23 bits per heavy atom. The SMILES string of the molecule is Cc1ccc(NC(=O)NC2CCN(C(=O)[C@@H](NC(=O)[C@H](CC3CCCC3)CN(O)CO)C(C)(C)C)CC2)cc1. The summed E-state index contributed by atoms with van der Waals surface area (Å²) in [5.74, 6) is -0.524. The average Bonchev–Trinajstić information content (AvgIpc) is 3.40. The number of aliphatic hydroxyl groups excluding tert-OH is 1. The first-order chi connectivity index (χ1) is 18.5. The number of nitrogens with zero attached hydrogens (tertiary/aromatic N) is 2. The van der Waals surface area contributed by atoms with Crippen molar-refractivity contribution in [1.29, 1.82) is 0 Å². The van der Waals surface area contributed by atoms with Crippen molar-refractivity contribution < 1.29 is 24.7 Å². The predicted octanol–water partition coefficient (Wildman–Crippen LogP) is 3.48. The lowest BCUT2D eigenvalue weighted by atomic mass is 9.84. The third-order valence-electron chi connectivity index (χ3n) is 7.91. The maximum absolute atomic E-state index is 13.6. The number of aryl methyl sites for hydroxylation is 1. The van der Waals surface area contributed by atoms with Crippen LogP contribution in [0.1, 0.15) is 71.3 Å². The van der Waals surface area contributed by atoms with Gasteiger partial charge in [0, 0.05) is 31.4 Å². The minimum absolute atomic E-state index is 0.0194. The molecule has 1 saturated heterocycles. The van der Waals surface area contributed by atoms with E-state index in [1.54, 1.807) is 4.90 Å². The van der Waals surface area contributed by atoms with Crippen LogP contribution < -0.4 is 16.0 Å². The number of hydroxylamine groups is 2. The molecule has 5 N–H and O–H groups in total. The fourth-order valence-electron chi connectivity index (χ4n) is 5.55. The maximum atomic E-state index is 13.6. The van der Waals surface area contributed by atoms with Crippen molar-refractivity contribution in [1.82, 2.24) is 20.6 Å². The number of benzene rings is 1. The van der Waals surface area contributed by atoms with E-state index in [9.17, 15) is 24.7 Å². The highest BCUT2D eigenvalue weighted by molar-refractivity contribution is 5.90. The normalized spacial score (nSPS) is 18.6. The Morgan fingerprint density at radius 2 is 1.67 bits per heavy atom. The van der Waals surface area contributed by atoms with Gasteiger partial charge in [-0.15, -0.1) is 0 Å². The number of nitrogens with one attached hydrogen (secondary N) is 3. The zero-order valence-corrected chi connectivity index (χ0v) is 23.9. The van der Waals surface area contributed by atoms with Crippen LogP contribution in [0.4, 0.5) is 10.5 Å². The van der Waals surface area contributed by atoms with Crippen LogP contribution in [0.2, 0.25) is 0 Å². The fraction of sp³-hybridized carbons (Fsp3) is 0.690. The van der Waals surface area contributed by atoms with E-state index in [4.69, 9.17) is 0 Å². The number of aliphatic hydroxyl groups is 1. The van der Waals surface area contributed by atoms with Gasteiger partial charge in [0.15, 0.2) is 0 Å². The largest absolute Gasteiger partial charge is 0.379 e. The summed E-state index contributed by atoms with van der Waals surface area (Å²) in [5.41, 5.74) is 1.32. The Kier molecular flexibility index (Phi) is 11.1. The number of carbonyl (C=O) groups is 3. The van der Waals surface area contributed by atoms with Crippen LogP contribution >= 0.6 is 0 Å². The third-order valence-corrected chi connectivity index (χ3v) is 7.91. The highest BCUT2D eigenvalue weighted by atomic mass is 16.5. The molecule has 218 valence electrons. The second-order valence-corrected chi connectivity index (χ2v) is 12.3. The molecule has 2 fully saturated rings. The molecule has 3 rings (SSSR count). The molecule has 1 heterocycles. The lowest BCUT2D eigenvalue weighted by Gasteiger charge is -2.39. The number of urea groups is 1. The first-order valence-corrected chi connectivity index (χ1v) is 14.2. The minimum atomic E-state index is -0.730. The van der Waals surface area contributed by atoms with Crippen molar-refractivity contribution >= 4 is 23.5 Å². The second-order valence-electron chi connectivity index (χ2n) is 12.3. The molecule has 4 amide bonds. The van der Waals surface area contributed by atoms with Gasteiger partial charge in [-0.1, -0.05) is 64.2 Å². The Morgan fingerprint density at radius 1 is 1.05 bits per heavy atom. The molecular formula is C29H47N5O5. The van der Waals surface area contributed by atoms with Crippen molar-refractivity contribution in [2.24, 2.45) is 17.3 Å². The molecule has 2 aliphatic rings. The van der Waals surface area contributed by atoms with Gasteiger partial charge in [-0.05, 0) is 49.7 Å². The molecule has 1 aromatic carbocycles. The molecule has 1 aromatic rings. The smallest absolute Gasteiger partial charge is 0.319 e. The first kappa shape index (κ1) is 30.8. The standard InChI is InChI=1S/C29H47N5O5/c1-20-9-11-23(12-10-20)30-28(38)31-24-13-15-33(16-14-24)27(37)25(29(2,3)4)32-26(36)22(18-34(39)19-35)17-21-7-5-6-8-21/h9-12,21-22,24-25,35,39H,5-8,13-19H2,1-4H3,(H,32,36)(H2,30,31,38)/t22-,25-/m1/s1. The summed E-state index contributed by atoms with van der Waals surface area (Å²) in [6.07, 6.45) is 6.27. The predicted molar refractivity (Wildman–Crippen MR) is 150 cm³/mol. The molecule has 39 heavy (non-hydrogen) atoms. The highest BCUT2D eigenvalue weighted by Gasteiger charge is 2.39. The van der Waals surface area contributed by atoms with E-state index < -0.39 is 24.1 Å². The number of hydrogen-bond donors (Lipinski definition) is 5. The molecule has 0 bridgehead atoms. The van der Waals surface area contributed by atoms with Gasteiger partial charge < -0.3 is 31.2 Å². The monoisotopic (exact) mass is 545 g/mol. The maximum Gasteiger partial charge on any atom is 0.319 e. The van der Waals surface area contributed by atoms with E-state index in [1.807, 2.05) is 52.0 Å². The zero-order chi connectivity index (χ0) is 28.6. The highest BCUT2D eigenvalue weighted by Crippen LogP contribution is 2.31. The molecular weight excluding hydrogens is 498 g/mol. The molecule has 2 atom stereocenters. The van der Waals surface area contributed by atoms with Gasteiger partial charge in [-0.25, -0.2) is 4.79 Å². The van der Waals surface area contributed by atoms with Gasteiger partial charge in [-0.2, -0.15) is 5.06 Å². The number of amides is 4. The first-order valence-electron chi connectivity index (χ1n) is 14.2. The van der Waals surface area contributed by atoms with Crippen LogP contribution in [0.5, 0.6) is 0 Å². The van der Waals surface area contributed by atoms with Crippen LogP contribution in [0.3, 0.4) is 0 Å². The molecule has 0 spiro atoms. The molecule has 1 saturated carbocycles. The van der Waals surface area contributed by atoms with Crippen LogP contribution in [-0.4, -0.2) is 76.6 Å². The Hall–Kier alpha value is -2.69. The lowest BCUT2D eigenvalue weighted by molar-refractivity contribution is -0.159. The topological polar surface area (TPSA) is 134 Å². The summed E-state index contributed by atoms with van der Waals surface area (Å²) in [7, 11) is 0. The summed E-state index contributed by atoms with van der Waals surface area (Å²) in [4.78, 5) is 41.3. The van der Waals surface area contributed by atoms with Crippen molar-refractivity contribution in [2.45, 2.75) is 84.7 Å². The molecule has 0 unspecified atom stereocenters. The second kappa shape index (κ2) is 14.1. The summed E-state index contributed by atoms with van der Waals surface area (Å²) in [6.45, 7) is 8.21. The number of rotatable bonds is 10. The molecule has 10 nitrogen and oxygen atoms in total. The Labute approximate surface area is 232 Å². The molecule has 0 aromatic heterocycles. The minimum Gasteiger partial charge on any atom is -0.379 e. The number of piperidine rings is 1. The van der Waals surface area contributed by atoms with Gasteiger partial charge in [-0.3, -0.25) is 9.59 Å². The van der Waals surface area contributed by atoms with Gasteiger partial charge in [0.25, 0.3) is 0 Å². The van der Waals surface area contributed by atoms with E-state index in [-0.39, 0.29) is 30.4 Å². The van der Waals surface area contributed by atoms with Crippen LogP contribution in [-0.2, 0) is 9.59 Å². The number of likely N-dealkylation sites (tertiary alicyclic amines) is 1. The van der Waals surface area contributed by atoms with Gasteiger partial charge in [0.2, 0.25) is 11.8 Å². The van der Waals surface area contributed by atoms with Gasteiger partial charge in [0.05, 0.1) is 5.92 Å². The summed E-state index contributed by atoms with van der Waals surface area (Å²) >= 11 is 0. The molecule has 10 heteroatoms. The number of hydrogen-bond acceptors (Lipinski definition) is 6. The molecule has 1 aliphatic heterocycles. The van der Waals surface area contributed by atoms with Crippen LogP contribution in [0.15, 0.2) is 24.3 Å². The van der Waals surface area contributed by atoms with Gasteiger partial charge >= 0.3 is 6.03 Å². The van der Waals surface area contributed by atoms with E-state index in [1.165, 1.54) is 0 Å². The number of anilines is 1. The van der Waals surface area contributed by atoms with E-state index in [0.717, 1.165) is 42.0 Å². The van der Waals surface area contributed by atoms with Gasteiger partial charge in [0.1, 0.15) is 12.8 Å². The lowest BCUT2D eigenvalue weighted by Crippen LogP contribution is -2.58. The number of carbonyl (C=O) groups excluding carboxylic acids is 3. The van der Waals surface area contributed by atoms with Crippen molar-refractivity contribution in [2.75, 3.05) is 31.7 Å². The Bertz CT molecular complexity index is 950. The zero-order valence-electron chi connectivity index (χ0n) is 23.9. The molecule has 1 aliphatic carbocycles. The third kappa shape index (κ3) is 9.47. The van der Waals surface area contributed by atoms with Crippen LogP contribution in [0, 0.1) is 24.2 Å².